The molecule has 0 N–H and O–H groups in total. The van der Waals surface area contributed by atoms with Crippen LogP contribution in [0.3, 0.4) is 0 Å². The number of carbonyl (C=O) groups is 2. The zero-order valence-electron chi connectivity index (χ0n) is 26.5. The number of rotatable bonds is 11. The van der Waals surface area contributed by atoms with Crippen LogP contribution in [0.2, 0.25) is 10.3 Å². The van der Waals surface area contributed by atoms with E-state index in [9.17, 15) is 9.59 Å². The molecule has 3 aromatic carbocycles. The molecule has 10 heteroatoms. The minimum Gasteiger partial charge on any atom is -0.459 e. The summed E-state index contributed by atoms with van der Waals surface area (Å²) >= 11 is 11.9. The third-order valence-electron chi connectivity index (χ3n) is 7.43. The summed E-state index contributed by atoms with van der Waals surface area (Å²) in [6.45, 7) is 5.10. The molecule has 0 saturated heterocycles. The summed E-state index contributed by atoms with van der Waals surface area (Å²) in [6.07, 6.45) is 3.55. The van der Waals surface area contributed by atoms with E-state index in [-0.39, 0.29) is 30.0 Å². The van der Waals surface area contributed by atoms with Crippen molar-refractivity contribution in [2.24, 2.45) is 0 Å². The minimum atomic E-state index is -0.758. The molecular formula is C37H36Cl2N4O4. The highest BCUT2D eigenvalue weighted by Crippen LogP contribution is 2.40. The first kappa shape index (κ1) is 33.7. The quantitative estimate of drug-likeness (QED) is 0.0805. The number of carbonyl (C=O) groups excluding carboxylic acids is 2. The number of esters is 1. The summed E-state index contributed by atoms with van der Waals surface area (Å²) < 4.78 is 13.2. The Morgan fingerprint density at radius 1 is 0.809 bits per heavy atom. The Kier molecular flexibility index (Phi) is 10.6. The van der Waals surface area contributed by atoms with E-state index < -0.39 is 23.2 Å². The smallest absolute Gasteiger partial charge is 0.410 e. The number of amides is 1. The number of halogens is 2. The Bertz CT molecular complexity index is 1670. The Balaban J connectivity index is 1.41. The van der Waals surface area contributed by atoms with Gasteiger partial charge in [-0.2, -0.15) is 0 Å². The van der Waals surface area contributed by atoms with Crippen molar-refractivity contribution in [3.8, 4) is 0 Å². The maximum absolute atomic E-state index is 13.2. The van der Waals surface area contributed by atoms with Crippen molar-refractivity contribution in [1.82, 2.24) is 19.4 Å². The lowest BCUT2D eigenvalue weighted by Gasteiger charge is -2.37. The fraction of sp³-hybridized carbons (Fsp3) is 0.243. The lowest BCUT2D eigenvalue weighted by molar-refractivity contribution is -0.146. The van der Waals surface area contributed by atoms with Crippen LogP contribution in [0, 0.1) is 0 Å². The molecule has 0 saturated carbocycles. The number of imidazole rings is 1. The van der Waals surface area contributed by atoms with Gasteiger partial charge in [-0.3, -0.25) is 9.69 Å². The van der Waals surface area contributed by atoms with Crippen LogP contribution in [0.25, 0.3) is 0 Å². The third kappa shape index (κ3) is 8.39. The monoisotopic (exact) mass is 670 g/mol. The predicted octanol–water partition coefficient (Wildman–Crippen LogP) is 7.95. The highest BCUT2D eigenvalue weighted by atomic mass is 35.5. The molecule has 1 amide bonds. The molecule has 47 heavy (non-hydrogen) atoms. The van der Waals surface area contributed by atoms with Crippen LogP contribution in [-0.2, 0) is 32.8 Å². The average Bonchev–Trinajstić information content (AvgIpc) is 3.52. The molecule has 0 aliphatic carbocycles. The molecule has 5 rings (SSSR count). The number of ether oxygens (including phenoxy) is 2. The van der Waals surface area contributed by atoms with Crippen LogP contribution < -0.4 is 0 Å². The molecule has 2 aromatic heterocycles. The first-order valence-corrected chi connectivity index (χ1v) is 16.0. The van der Waals surface area contributed by atoms with Gasteiger partial charge in [-0.05, 0) is 55.2 Å². The number of hydrogen-bond donors (Lipinski definition) is 0. The number of nitrogens with zero attached hydrogens (tertiary/aromatic N) is 4. The summed E-state index contributed by atoms with van der Waals surface area (Å²) in [5, 5.41) is 0.378. The normalized spacial score (nSPS) is 11.6. The molecule has 0 aliphatic heterocycles. The van der Waals surface area contributed by atoms with Crippen molar-refractivity contribution in [2.75, 3.05) is 13.1 Å². The first-order chi connectivity index (χ1) is 22.5. The number of pyridine rings is 1. The van der Waals surface area contributed by atoms with E-state index in [1.807, 2.05) is 67.1 Å². The van der Waals surface area contributed by atoms with Crippen LogP contribution in [-0.4, -0.2) is 50.2 Å². The molecule has 0 atom stereocenters. The standard InChI is InChI=1S/C37H36Cl2N4O4/c1-36(2,3)47-35(45)42(24-34(44)46-25-27-21-32(38)41-33(39)22-27)20-19-31-23-43(26-40-31)37(28-13-7-4-8-14-28,29-15-9-5-10-16-29)30-17-11-6-12-18-30/h4-18,21-23,26H,19-20,24-25H2,1-3H3. The molecular weight excluding hydrogens is 635 g/mol. The van der Waals surface area contributed by atoms with Crippen LogP contribution >= 0.6 is 23.2 Å². The maximum atomic E-state index is 13.2. The lowest BCUT2D eigenvalue weighted by atomic mass is 9.77. The second-order valence-electron chi connectivity index (χ2n) is 12.0. The van der Waals surface area contributed by atoms with E-state index in [1.54, 1.807) is 32.9 Å². The van der Waals surface area contributed by atoms with Gasteiger partial charge < -0.3 is 14.0 Å². The number of hydrogen-bond acceptors (Lipinski definition) is 6. The molecule has 5 aromatic rings. The third-order valence-corrected chi connectivity index (χ3v) is 7.82. The molecule has 0 aliphatic rings. The molecule has 2 heterocycles. The minimum absolute atomic E-state index is 0.0755. The van der Waals surface area contributed by atoms with Gasteiger partial charge in [0.1, 0.15) is 34.6 Å². The Hall–Kier alpha value is -4.66. The van der Waals surface area contributed by atoms with Crippen LogP contribution in [0.4, 0.5) is 4.79 Å². The van der Waals surface area contributed by atoms with Gasteiger partial charge in [-0.15, -0.1) is 0 Å². The zero-order chi connectivity index (χ0) is 33.4. The average molecular weight is 672 g/mol. The molecule has 0 bridgehead atoms. The van der Waals surface area contributed by atoms with Gasteiger partial charge in [0, 0.05) is 19.2 Å². The second-order valence-corrected chi connectivity index (χ2v) is 12.8. The molecule has 0 fully saturated rings. The molecule has 0 unspecified atom stereocenters. The van der Waals surface area contributed by atoms with Gasteiger partial charge in [-0.25, -0.2) is 14.8 Å². The highest BCUT2D eigenvalue weighted by molar-refractivity contribution is 6.32. The van der Waals surface area contributed by atoms with E-state index in [1.165, 1.54) is 4.90 Å². The van der Waals surface area contributed by atoms with E-state index in [4.69, 9.17) is 37.7 Å². The summed E-state index contributed by atoms with van der Waals surface area (Å²) in [7, 11) is 0. The predicted molar refractivity (Wildman–Crippen MR) is 182 cm³/mol. The SMILES string of the molecule is CC(C)(C)OC(=O)N(CCc1cn(C(c2ccccc2)(c2ccccc2)c2ccccc2)cn1)CC(=O)OCc1cc(Cl)nc(Cl)c1. The summed E-state index contributed by atoms with van der Waals surface area (Å²) in [6, 6.07) is 34.0. The Morgan fingerprint density at radius 2 is 1.32 bits per heavy atom. The second kappa shape index (κ2) is 14.8. The van der Waals surface area contributed by atoms with Gasteiger partial charge >= 0.3 is 12.1 Å². The molecule has 0 spiro atoms. The van der Waals surface area contributed by atoms with E-state index >= 15 is 0 Å². The van der Waals surface area contributed by atoms with Crippen molar-refractivity contribution in [1.29, 1.82) is 0 Å². The summed E-state index contributed by atoms with van der Waals surface area (Å²) in [5.41, 5.74) is 3.04. The number of aromatic nitrogens is 3. The van der Waals surface area contributed by atoms with Crippen molar-refractivity contribution >= 4 is 35.3 Å². The molecule has 242 valence electrons. The zero-order valence-corrected chi connectivity index (χ0v) is 28.0. The van der Waals surface area contributed by atoms with Gasteiger partial charge in [0.15, 0.2) is 0 Å². The largest absolute Gasteiger partial charge is 0.459 e. The summed E-state index contributed by atoms with van der Waals surface area (Å²) in [4.78, 5) is 36.1. The van der Waals surface area contributed by atoms with Gasteiger partial charge in [0.2, 0.25) is 0 Å². The Morgan fingerprint density at radius 3 is 1.81 bits per heavy atom. The lowest BCUT2D eigenvalue weighted by Crippen LogP contribution is -2.41. The van der Waals surface area contributed by atoms with Crippen LogP contribution in [0.1, 0.15) is 48.7 Å². The number of benzene rings is 3. The van der Waals surface area contributed by atoms with E-state index in [0.29, 0.717) is 12.0 Å². The topological polar surface area (TPSA) is 86.6 Å². The van der Waals surface area contributed by atoms with E-state index in [2.05, 4.69) is 45.9 Å². The van der Waals surface area contributed by atoms with Crippen LogP contribution in [0.5, 0.6) is 0 Å². The highest BCUT2D eigenvalue weighted by Gasteiger charge is 2.38. The van der Waals surface area contributed by atoms with Crippen LogP contribution in [0.15, 0.2) is 116 Å². The van der Waals surface area contributed by atoms with E-state index in [0.717, 1.165) is 22.4 Å². The van der Waals surface area contributed by atoms with Gasteiger partial charge in [0.05, 0.1) is 12.0 Å². The van der Waals surface area contributed by atoms with Gasteiger partial charge in [-0.1, -0.05) is 114 Å². The van der Waals surface area contributed by atoms with Crippen molar-refractivity contribution in [2.45, 2.75) is 44.9 Å². The molecule has 8 nitrogen and oxygen atoms in total. The Labute approximate surface area is 284 Å². The fourth-order valence-electron chi connectivity index (χ4n) is 5.44. The van der Waals surface area contributed by atoms with Crippen molar-refractivity contribution in [3.63, 3.8) is 0 Å². The van der Waals surface area contributed by atoms with Gasteiger partial charge in [0.25, 0.3) is 0 Å². The molecule has 0 radical (unpaired) electrons. The van der Waals surface area contributed by atoms with Crippen molar-refractivity contribution in [3.05, 3.63) is 154 Å². The fourth-order valence-corrected chi connectivity index (χ4v) is 5.94. The first-order valence-electron chi connectivity index (χ1n) is 15.2. The summed E-state index contributed by atoms with van der Waals surface area (Å²) in [5.74, 6) is -0.610. The van der Waals surface area contributed by atoms with Crippen molar-refractivity contribution < 1.29 is 19.1 Å². The maximum Gasteiger partial charge on any atom is 0.410 e.